The first-order chi connectivity index (χ1) is 8.57. The molecule has 0 saturated carbocycles. The van der Waals surface area contributed by atoms with Crippen LogP contribution in [0.1, 0.15) is 20.3 Å². The second-order valence-electron chi connectivity index (χ2n) is 4.52. The van der Waals surface area contributed by atoms with Crippen molar-refractivity contribution in [3.05, 3.63) is 29.1 Å². The molecule has 1 rings (SSSR count). The van der Waals surface area contributed by atoms with E-state index in [4.69, 9.17) is 5.11 Å². The first-order valence-corrected chi connectivity index (χ1v) is 5.08. The molecule has 0 radical (unpaired) electrons. The van der Waals surface area contributed by atoms with E-state index < -0.39 is 52.7 Å². The number of anilines is 1. The van der Waals surface area contributed by atoms with Crippen LogP contribution < -0.4 is 5.32 Å². The van der Waals surface area contributed by atoms with E-state index in [-0.39, 0.29) is 0 Å². The Bertz CT molecular complexity index is 501. The van der Waals surface area contributed by atoms with Gasteiger partial charge in [-0.05, 0) is 13.8 Å². The number of hydrogen-bond acceptors (Lipinski definition) is 2. The molecule has 1 aromatic carbocycles. The minimum absolute atomic E-state index is 0.577. The molecule has 0 unspecified atom stereocenters. The molecule has 0 saturated heterocycles. The van der Waals surface area contributed by atoms with Crippen LogP contribution in [0.4, 0.5) is 27.6 Å². The lowest BCUT2D eigenvalue weighted by Gasteiger charge is -2.26. The summed E-state index contributed by atoms with van der Waals surface area (Å²) in [6.45, 7) is 2.50. The van der Waals surface area contributed by atoms with Crippen molar-refractivity contribution < 1.29 is 31.9 Å². The van der Waals surface area contributed by atoms with Crippen molar-refractivity contribution in [1.29, 1.82) is 0 Å². The van der Waals surface area contributed by atoms with Gasteiger partial charge in [0.05, 0.1) is 6.42 Å². The normalized spacial score (nSPS) is 11.5. The number of carbonyl (C=O) groups is 1. The molecule has 0 aromatic heterocycles. The summed E-state index contributed by atoms with van der Waals surface area (Å²) in [6.07, 6.45) is -0.577. The van der Waals surface area contributed by atoms with Gasteiger partial charge in [-0.1, -0.05) is 0 Å². The molecule has 0 aliphatic carbocycles. The van der Waals surface area contributed by atoms with Crippen molar-refractivity contribution in [2.45, 2.75) is 25.8 Å². The van der Waals surface area contributed by atoms with E-state index in [1.165, 1.54) is 13.8 Å². The van der Waals surface area contributed by atoms with Gasteiger partial charge in [-0.25, -0.2) is 22.0 Å². The fourth-order valence-electron chi connectivity index (χ4n) is 1.48. The van der Waals surface area contributed by atoms with Crippen molar-refractivity contribution in [3.8, 4) is 0 Å². The third-order valence-electron chi connectivity index (χ3n) is 2.27. The summed E-state index contributed by atoms with van der Waals surface area (Å²) in [5, 5.41) is 10.6. The Hall–Kier alpha value is -1.86. The van der Waals surface area contributed by atoms with Crippen LogP contribution in [-0.4, -0.2) is 16.6 Å². The second-order valence-corrected chi connectivity index (χ2v) is 4.52. The summed E-state index contributed by atoms with van der Waals surface area (Å²) in [7, 11) is 0. The largest absolute Gasteiger partial charge is 0.481 e. The predicted molar refractivity (Wildman–Crippen MR) is 56.2 cm³/mol. The minimum atomic E-state index is -2.27. The topological polar surface area (TPSA) is 49.3 Å². The monoisotopic (exact) mass is 283 g/mol. The van der Waals surface area contributed by atoms with E-state index in [0.717, 1.165) is 0 Å². The molecule has 0 aliphatic rings. The van der Waals surface area contributed by atoms with Gasteiger partial charge < -0.3 is 10.4 Å². The molecular weight excluding hydrogens is 273 g/mol. The molecule has 8 heteroatoms. The van der Waals surface area contributed by atoms with Crippen LogP contribution >= 0.6 is 0 Å². The highest BCUT2D eigenvalue weighted by atomic mass is 19.2. The van der Waals surface area contributed by atoms with Gasteiger partial charge in [-0.3, -0.25) is 4.79 Å². The first-order valence-electron chi connectivity index (χ1n) is 5.08. The molecule has 2 N–H and O–H groups in total. The highest BCUT2D eigenvalue weighted by Crippen LogP contribution is 2.30. The van der Waals surface area contributed by atoms with Gasteiger partial charge in [-0.15, -0.1) is 0 Å². The number of rotatable bonds is 4. The molecular formula is C11H10F5NO2. The van der Waals surface area contributed by atoms with Crippen molar-refractivity contribution in [1.82, 2.24) is 0 Å². The van der Waals surface area contributed by atoms with Crippen LogP contribution in [0.2, 0.25) is 0 Å². The molecule has 0 amide bonds. The van der Waals surface area contributed by atoms with Gasteiger partial charge in [0.25, 0.3) is 0 Å². The maximum atomic E-state index is 13.3. The van der Waals surface area contributed by atoms with Crippen LogP contribution in [0.15, 0.2) is 0 Å². The highest BCUT2D eigenvalue weighted by molar-refractivity contribution is 5.69. The van der Waals surface area contributed by atoms with Crippen LogP contribution in [0, 0.1) is 29.1 Å². The maximum Gasteiger partial charge on any atom is 0.305 e. The Kier molecular flexibility index (Phi) is 4.02. The fraction of sp³-hybridized carbons (Fsp3) is 0.364. The first kappa shape index (κ1) is 15.2. The molecule has 0 fully saturated rings. The number of halogens is 5. The van der Waals surface area contributed by atoms with E-state index in [0.29, 0.717) is 0 Å². The Morgan fingerprint density at radius 1 is 1.00 bits per heavy atom. The van der Waals surface area contributed by atoms with E-state index >= 15 is 0 Å². The van der Waals surface area contributed by atoms with Gasteiger partial charge in [0.15, 0.2) is 23.3 Å². The molecule has 3 nitrogen and oxygen atoms in total. The number of carboxylic acids is 1. The lowest BCUT2D eigenvalue weighted by molar-refractivity contribution is -0.137. The molecule has 106 valence electrons. The van der Waals surface area contributed by atoms with E-state index in [1.807, 2.05) is 5.32 Å². The fourth-order valence-corrected chi connectivity index (χ4v) is 1.48. The summed E-state index contributed by atoms with van der Waals surface area (Å²) in [6, 6.07) is 0. The molecule has 0 spiro atoms. The summed E-state index contributed by atoms with van der Waals surface area (Å²) >= 11 is 0. The van der Waals surface area contributed by atoms with Crippen molar-refractivity contribution in [2.24, 2.45) is 0 Å². The third kappa shape index (κ3) is 3.12. The number of benzene rings is 1. The van der Waals surface area contributed by atoms with Crippen LogP contribution in [0.5, 0.6) is 0 Å². The number of carboxylic acid groups (broad SMARTS) is 1. The Morgan fingerprint density at radius 2 is 1.37 bits per heavy atom. The zero-order valence-corrected chi connectivity index (χ0v) is 9.95. The van der Waals surface area contributed by atoms with Crippen molar-refractivity contribution in [2.75, 3.05) is 5.32 Å². The lowest BCUT2D eigenvalue weighted by atomic mass is 10.00. The minimum Gasteiger partial charge on any atom is -0.481 e. The van der Waals surface area contributed by atoms with Crippen molar-refractivity contribution in [3.63, 3.8) is 0 Å². The molecule has 0 aliphatic heterocycles. The summed E-state index contributed by atoms with van der Waals surface area (Å²) < 4.78 is 65.3. The van der Waals surface area contributed by atoms with Gasteiger partial charge >= 0.3 is 5.97 Å². The second kappa shape index (κ2) is 5.02. The van der Waals surface area contributed by atoms with Gasteiger partial charge in [0.1, 0.15) is 5.69 Å². The Balaban J connectivity index is 3.26. The quantitative estimate of drug-likeness (QED) is 0.507. The number of aliphatic carboxylic acids is 1. The summed E-state index contributed by atoms with van der Waals surface area (Å²) in [4.78, 5) is 10.5. The average molecular weight is 283 g/mol. The number of hydrogen-bond donors (Lipinski definition) is 2. The lowest BCUT2D eigenvalue weighted by Crippen LogP contribution is -2.34. The summed E-state index contributed by atoms with van der Waals surface area (Å²) in [5.74, 6) is -11.8. The predicted octanol–water partition coefficient (Wildman–Crippen LogP) is 3.05. The third-order valence-corrected chi connectivity index (χ3v) is 2.27. The standard InChI is InChI=1S/C11H10F5NO2/c1-11(2,3-4(18)19)17-10-8(15)6(13)5(12)7(14)9(10)16/h17H,3H2,1-2H3,(H,18,19). The van der Waals surface area contributed by atoms with Crippen LogP contribution in [-0.2, 0) is 4.79 Å². The van der Waals surface area contributed by atoms with E-state index in [9.17, 15) is 26.7 Å². The zero-order valence-electron chi connectivity index (χ0n) is 9.95. The molecule has 0 heterocycles. The van der Waals surface area contributed by atoms with E-state index in [1.54, 1.807) is 0 Å². The van der Waals surface area contributed by atoms with E-state index in [2.05, 4.69) is 0 Å². The number of nitrogens with one attached hydrogen (secondary N) is 1. The van der Waals surface area contributed by atoms with Gasteiger partial charge in [-0.2, -0.15) is 0 Å². The maximum absolute atomic E-state index is 13.3. The zero-order chi connectivity index (χ0) is 15.0. The molecule has 19 heavy (non-hydrogen) atoms. The Morgan fingerprint density at radius 3 is 1.74 bits per heavy atom. The average Bonchev–Trinajstić information content (AvgIpc) is 2.28. The van der Waals surface area contributed by atoms with Crippen LogP contribution in [0.3, 0.4) is 0 Å². The van der Waals surface area contributed by atoms with Gasteiger partial charge in [0, 0.05) is 5.54 Å². The van der Waals surface area contributed by atoms with Crippen LogP contribution in [0.25, 0.3) is 0 Å². The van der Waals surface area contributed by atoms with Gasteiger partial charge in [0.2, 0.25) is 5.82 Å². The SMILES string of the molecule is CC(C)(CC(=O)O)Nc1c(F)c(F)c(F)c(F)c1F. The summed E-state index contributed by atoms with van der Waals surface area (Å²) in [5.41, 5.74) is -2.65. The Labute approximate surface area is 105 Å². The van der Waals surface area contributed by atoms with Crippen molar-refractivity contribution >= 4 is 11.7 Å². The highest BCUT2D eigenvalue weighted by Gasteiger charge is 2.30. The smallest absolute Gasteiger partial charge is 0.305 e. The molecule has 0 atom stereocenters. The molecule has 0 bridgehead atoms. The molecule has 1 aromatic rings.